The molecule has 1 unspecified atom stereocenters. The minimum atomic E-state index is -0.626. The van der Waals surface area contributed by atoms with Crippen LogP contribution in [0.5, 0.6) is 0 Å². The van der Waals surface area contributed by atoms with Crippen LogP contribution in [0.3, 0.4) is 0 Å². The number of aryl methyl sites for hydroxylation is 1. The van der Waals surface area contributed by atoms with E-state index in [1.54, 1.807) is 0 Å². The van der Waals surface area contributed by atoms with Crippen molar-refractivity contribution in [2.24, 2.45) is 11.7 Å². The summed E-state index contributed by atoms with van der Waals surface area (Å²) >= 11 is 0. The van der Waals surface area contributed by atoms with Crippen LogP contribution in [0.25, 0.3) is 0 Å². The summed E-state index contributed by atoms with van der Waals surface area (Å²) in [4.78, 5) is 38.2. The Morgan fingerprint density at radius 3 is 2.54 bits per heavy atom. The monoisotopic (exact) mass is 359 g/mol. The first-order chi connectivity index (χ1) is 12.4. The minimum absolute atomic E-state index is 0.0605. The van der Waals surface area contributed by atoms with Crippen molar-refractivity contribution >= 4 is 17.7 Å². The fraction of sp³-hybridized carbons (Fsp3) is 0.550. The molecule has 0 radical (unpaired) electrons. The molecule has 1 aromatic carbocycles. The lowest BCUT2D eigenvalue weighted by Crippen LogP contribution is -2.54. The largest absolute Gasteiger partial charge is 0.368 e. The predicted molar refractivity (Wildman–Crippen MR) is 100 cm³/mol. The van der Waals surface area contributed by atoms with Crippen molar-refractivity contribution in [2.45, 2.75) is 58.0 Å². The highest BCUT2D eigenvalue weighted by atomic mass is 16.2. The van der Waals surface area contributed by atoms with Gasteiger partial charge in [-0.3, -0.25) is 14.4 Å². The average molecular weight is 359 g/mol. The fourth-order valence-electron chi connectivity index (χ4n) is 3.36. The molecular formula is C20H29N3O3. The third-order valence-electron chi connectivity index (χ3n) is 4.83. The first-order valence-electron chi connectivity index (χ1n) is 9.33. The lowest BCUT2D eigenvalue weighted by Gasteiger charge is -2.29. The SMILES string of the molecule is CC(C)C(NC(=O)CCCc1ccccc1)C(=O)N1CCC[C@H]1C(N)=O. The van der Waals surface area contributed by atoms with Crippen LogP contribution >= 0.6 is 0 Å². The van der Waals surface area contributed by atoms with Crippen LogP contribution in [0.1, 0.15) is 45.1 Å². The Hall–Kier alpha value is -2.37. The topological polar surface area (TPSA) is 92.5 Å². The molecule has 0 spiro atoms. The average Bonchev–Trinajstić information content (AvgIpc) is 3.10. The van der Waals surface area contributed by atoms with Gasteiger partial charge < -0.3 is 16.0 Å². The molecule has 1 aliphatic rings. The predicted octanol–water partition coefficient (Wildman–Crippen LogP) is 1.63. The first kappa shape index (κ1) is 19.9. The number of nitrogens with zero attached hydrogens (tertiary/aromatic N) is 1. The number of likely N-dealkylation sites (tertiary alicyclic amines) is 1. The summed E-state index contributed by atoms with van der Waals surface area (Å²) in [5.41, 5.74) is 6.60. The molecule has 1 aliphatic heterocycles. The van der Waals surface area contributed by atoms with Crippen LogP contribution in [0.15, 0.2) is 30.3 Å². The zero-order valence-electron chi connectivity index (χ0n) is 15.6. The smallest absolute Gasteiger partial charge is 0.246 e. The van der Waals surface area contributed by atoms with Gasteiger partial charge >= 0.3 is 0 Å². The van der Waals surface area contributed by atoms with E-state index in [1.807, 2.05) is 44.2 Å². The maximum atomic E-state index is 12.8. The molecule has 3 amide bonds. The van der Waals surface area contributed by atoms with Crippen LogP contribution in [0.2, 0.25) is 0 Å². The molecule has 2 atom stereocenters. The van der Waals surface area contributed by atoms with Crippen molar-refractivity contribution in [3.05, 3.63) is 35.9 Å². The van der Waals surface area contributed by atoms with Crippen molar-refractivity contribution in [3.8, 4) is 0 Å². The molecule has 2 rings (SSSR count). The van der Waals surface area contributed by atoms with Crippen molar-refractivity contribution in [1.29, 1.82) is 0 Å². The molecule has 1 aromatic rings. The van der Waals surface area contributed by atoms with E-state index in [2.05, 4.69) is 5.32 Å². The normalized spacial score (nSPS) is 18.0. The van der Waals surface area contributed by atoms with Gasteiger partial charge in [-0.2, -0.15) is 0 Å². The first-order valence-corrected chi connectivity index (χ1v) is 9.33. The van der Waals surface area contributed by atoms with Crippen LogP contribution in [0, 0.1) is 5.92 Å². The highest BCUT2D eigenvalue weighted by molar-refractivity contribution is 5.92. The Balaban J connectivity index is 1.89. The molecule has 0 aromatic heterocycles. The summed E-state index contributed by atoms with van der Waals surface area (Å²) in [5.74, 6) is -0.886. The quantitative estimate of drug-likeness (QED) is 0.739. The molecule has 0 aliphatic carbocycles. The molecule has 6 heteroatoms. The van der Waals surface area contributed by atoms with Crippen LogP contribution in [0.4, 0.5) is 0 Å². The van der Waals surface area contributed by atoms with Crippen molar-refractivity contribution < 1.29 is 14.4 Å². The summed E-state index contributed by atoms with van der Waals surface area (Å²) in [6, 6.07) is 8.82. The molecule has 6 nitrogen and oxygen atoms in total. The molecule has 3 N–H and O–H groups in total. The summed E-state index contributed by atoms with van der Waals surface area (Å²) < 4.78 is 0. The Morgan fingerprint density at radius 1 is 1.23 bits per heavy atom. The number of carbonyl (C=O) groups excluding carboxylic acids is 3. The zero-order valence-corrected chi connectivity index (χ0v) is 15.6. The minimum Gasteiger partial charge on any atom is -0.368 e. The van der Waals surface area contributed by atoms with E-state index < -0.39 is 18.0 Å². The second-order valence-electron chi connectivity index (χ2n) is 7.22. The third-order valence-corrected chi connectivity index (χ3v) is 4.83. The second-order valence-corrected chi connectivity index (χ2v) is 7.22. The summed E-state index contributed by atoms with van der Waals surface area (Å²) in [6.07, 6.45) is 3.27. The molecule has 0 bridgehead atoms. The van der Waals surface area contributed by atoms with Crippen molar-refractivity contribution in [1.82, 2.24) is 10.2 Å². The number of nitrogens with one attached hydrogen (secondary N) is 1. The Kier molecular flexibility index (Phi) is 7.18. The summed E-state index contributed by atoms with van der Waals surface area (Å²) in [7, 11) is 0. The number of nitrogens with two attached hydrogens (primary N) is 1. The fourth-order valence-corrected chi connectivity index (χ4v) is 3.36. The zero-order chi connectivity index (χ0) is 19.1. The van der Waals surface area contributed by atoms with E-state index in [0.29, 0.717) is 19.4 Å². The molecule has 142 valence electrons. The van der Waals surface area contributed by atoms with E-state index >= 15 is 0 Å². The van der Waals surface area contributed by atoms with E-state index in [4.69, 9.17) is 5.73 Å². The van der Waals surface area contributed by atoms with Crippen molar-refractivity contribution in [3.63, 3.8) is 0 Å². The number of hydrogen-bond donors (Lipinski definition) is 2. The number of benzene rings is 1. The van der Waals surface area contributed by atoms with E-state index in [1.165, 1.54) is 10.5 Å². The Labute approximate surface area is 155 Å². The summed E-state index contributed by atoms with van der Waals surface area (Å²) in [5, 5.41) is 2.86. The number of hydrogen-bond acceptors (Lipinski definition) is 3. The van der Waals surface area contributed by atoms with Gasteiger partial charge in [-0.1, -0.05) is 44.2 Å². The molecule has 26 heavy (non-hydrogen) atoms. The molecule has 1 heterocycles. The van der Waals surface area contributed by atoms with Gasteiger partial charge in [0.05, 0.1) is 0 Å². The number of carbonyl (C=O) groups is 3. The number of rotatable bonds is 8. The number of primary amides is 1. The van der Waals surface area contributed by atoms with Crippen LogP contribution < -0.4 is 11.1 Å². The van der Waals surface area contributed by atoms with E-state index in [0.717, 1.165) is 19.3 Å². The van der Waals surface area contributed by atoms with Gasteiger partial charge in [0.25, 0.3) is 0 Å². The Morgan fingerprint density at radius 2 is 1.92 bits per heavy atom. The molecule has 1 saturated heterocycles. The molecule has 0 saturated carbocycles. The second kappa shape index (κ2) is 9.36. The highest BCUT2D eigenvalue weighted by Crippen LogP contribution is 2.20. The van der Waals surface area contributed by atoms with E-state index in [9.17, 15) is 14.4 Å². The van der Waals surface area contributed by atoms with E-state index in [-0.39, 0.29) is 17.7 Å². The van der Waals surface area contributed by atoms with Gasteiger partial charge in [0.15, 0.2) is 0 Å². The molecule has 1 fully saturated rings. The lowest BCUT2D eigenvalue weighted by atomic mass is 10.0. The maximum absolute atomic E-state index is 12.8. The van der Waals surface area contributed by atoms with Gasteiger partial charge in [0, 0.05) is 13.0 Å². The highest BCUT2D eigenvalue weighted by Gasteiger charge is 2.37. The maximum Gasteiger partial charge on any atom is 0.246 e. The summed E-state index contributed by atoms with van der Waals surface area (Å²) in [6.45, 7) is 4.30. The molecular weight excluding hydrogens is 330 g/mol. The van der Waals surface area contributed by atoms with Gasteiger partial charge in [-0.05, 0) is 37.2 Å². The van der Waals surface area contributed by atoms with Crippen molar-refractivity contribution in [2.75, 3.05) is 6.54 Å². The van der Waals surface area contributed by atoms with Crippen LogP contribution in [-0.2, 0) is 20.8 Å². The lowest BCUT2D eigenvalue weighted by molar-refractivity contribution is -0.141. The number of amides is 3. The standard InChI is InChI=1S/C20H29N3O3/c1-14(2)18(20(26)23-13-7-11-16(23)19(21)25)22-17(24)12-6-10-15-8-4-3-5-9-15/h3-5,8-9,14,16,18H,6-7,10-13H2,1-2H3,(H2,21,25)(H,22,24)/t16-,18?/m0/s1. The van der Waals surface area contributed by atoms with Gasteiger partial charge in [-0.25, -0.2) is 0 Å². The van der Waals surface area contributed by atoms with Gasteiger partial charge in [-0.15, -0.1) is 0 Å². The van der Waals surface area contributed by atoms with Gasteiger partial charge in [0.2, 0.25) is 17.7 Å². The van der Waals surface area contributed by atoms with Crippen LogP contribution in [-0.4, -0.2) is 41.2 Å². The van der Waals surface area contributed by atoms with Gasteiger partial charge in [0.1, 0.15) is 12.1 Å². The third kappa shape index (κ3) is 5.31. The Bertz CT molecular complexity index is 630.